The molecule has 0 spiro atoms. The average molecular weight is 370 g/mol. The van der Waals surface area contributed by atoms with Crippen LogP contribution >= 0.6 is 0 Å². The number of nitrogens with zero attached hydrogens (tertiary/aromatic N) is 2. The van der Waals surface area contributed by atoms with Gasteiger partial charge in [-0.05, 0) is 45.0 Å². The van der Waals surface area contributed by atoms with Gasteiger partial charge >= 0.3 is 5.69 Å². The van der Waals surface area contributed by atoms with Gasteiger partial charge in [-0.1, -0.05) is 25.3 Å². The standard InChI is InChI=1S/C16H26N4O4S/c1-19(2)14(12-7-4-3-5-8-12)11-18-13-9-6-10-15(25(17,23)24)16(13)20(21)22/h6,9-10,12,14,18H,3-5,7-8,11H2,1-2H3,(H2,17,23,24). The number of nitrogens with one attached hydrogen (secondary N) is 1. The van der Waals surface area contributed by atoms with Gasteiger partial charge in [-0.25, -0.2) is 13.6 Å². The van der Waals surface area contributed by atoms with Gasteiger partial charge in [0.1, 0.15) is 5.69 Å². The van der Waals surface area contributed by atoms with Crippen LogP contribution in [0.1, 0.15) is 32.1 Å². The molecule has 1 saturated carbocycles. The van der Waals surface area contributed by atoms with E-state index in [1.54, 1.807) is 0 Å². The van der Waals surface area contributed by atoms with E-state index < -0.39 is 25.5 Å². The number of rotatable bonds is 7. The van der Waals surface area contributed by atoms with Gasteiger partial charge in [-0.15, -0.1) is 0 Å². The monoisotopic (exact) mass is 370 g/mol. The first kappa shape index (κ1) is 19.6. The fourth-order valence-corrected chi connectivity index (χ4v) is 4.31. The zero-order valence-corrected chi connectivity index (χ0v) is 15.5. The van der Waals surface area contributed by atoms with Crippen molar-refractivity contribution >= 4 is 21.4 Å². The number of benzene rings is 1. The van der Waals surface area contributed by atoms with E-state index in [9.17, 15) is 18.5 Å². The number of hydrogen-bond acceptors (Lipinski definition) is 6. The Labute approximate surface area is 148 Å². The van der Waals surface area contributed by atoms with Crippen molar-refractivity contribution < 1.29 is 13.3 Å². The molecule has 3 N–H and O–H groups in total. The van der Waals surface area contributed by atoms with Crippen LogP contribution in [0, 0.1) is 16.0 Å². The van der Waals surface area contributed by atoms with Crippen molar-refractivity contribution in [2.45, 2.75) is 43.0 Å². The third-order valence-corrected chi connectivity index (χ3v) is 5.79. The maximum Gasteiger partial charge on any atom is 0.312 e. The van der Waals surface area contributed by atoms with Crippen LogP contribution in [0.4, 0.5) is 11.4 Å². The van der Waals surface area contributed by atoms with Crippen LogP contribution < -0.4 is 10.5 Å². The van der Waals surface area contributed by atoms with Gasteiger partial charge in [0.25, 0.3) is 0 Å². The minimum atomic E-state index is -4.17. The predicted octanol–water partition coefficient (Wildman–Crippen LogP) is 2.16. The molecule has 1 aliphatic carbocycles. The Hall–Kier alpha value is -1.71. The molecule has 0 radical (unpaired) electrons. The van der Waals surface area contributed by atoms with Crippen LogP contribution in [0.5, 0.6) is 0 Å². The second-order valence-corrected chi connectivity index (χ2v) is 8.29. The van der Waals surface area contributed by atoms with Crippen molar-refractivity contribution in [1.29, 1.82) is 0 Å². The van der Waals surface area contributed by atoms with Crippen molar-refractivity contribution in [3.05, 3.63) is 28.3 Å². The maximum atomic E-state index is 11.6. The van der Waals surface area contributed by atoms with Gasteiger partial charge < -0.3 is 10.2 Å². The minimum absolute atomic E-state index is 0.180. The third-order valence-electron chi connectivity index (χ3n) is 4.85. The van der Waals surface area contributed by atoms with Gasteiger partial charge in [-0.3, -0.25) is 10.1 Å². The molecule has 25 heavy (non-hydrogen) atoms. The zero-order valence-electron chi connectivity index (χ0n) is 14.6. The SMILES string of the molecule is CN(C)C(CNc1cccc(S(N)(=O)=O)c1[N+](=O)[O-])C1CCCCC1. The van der Waals surface area contributed by atoms with E-state index in [1.165, 1.54) is 31.4 Å². The smallest absolute Gasteiger partial charge is 0.312 e. The molecule has 0 saturated heterocycles. The molecule has 2 rings (SSSR count). The summed E-state index contributed by atoms with van der Waals surface area (Å²) in [4.78, 5) is 12.4. The highest BCUT2D eigenvalue weighted by Crippen LogP contribution is 2.33. The quantitative estimate of drug-likeness (QED) is 0.561. The number of para-hydroxylation sites is 1. The van der Waals surface area contributed by atoms with Gasteiger partial charge in [-0.2, -0.15) is 0 Å². The summed E-state index contributed by atoms with van der Waals surface area (Å²) in [5.74, 6) is 0.525. The van der Waals surface area contributed by atoms with E-state index in [-0.39, 0.29) is 11.7 Å². The zero-order chi connectivity index (χ0) is 18.6. The van der Waals surface area contributed by atoms with E-state index in [4.69, 9.17) is 5.14 Å². The molecule has 0 aliphatic heterocycles. The molecule has 0 amide bonds. The molecule has 1 unspecified atom stereocenters. The van der Waals surface area contributed by atoms with Crippen molar-refractivity contribution in [2.75, 3.05) is 26.0 Å². The molecule has 1 aliphatic rings. The van der Waals surface area contributed by atoms with Gasteiger partial charge in [0, 0.05) is 12.6 Å². The van der Waals surface area contributed by atoms with Crippen LogP contribution in [-0.2, 0) is 10.0 Å². The maximum absolute atomic E-state index is 11.6. The van der Waals surface area contributed by atoms with E-state index in [0.29, 0.717) is 12.5 Å². The summed E-state index contributed by atoms with van der Waals surface area (Å²) in [6, 6.07) is 4.35. The normalized spacial score (nSPS) is 17.4. The highest BCUT2D eigenvalue weighted by molar-refractivity contribution is 7.89. The Balaban J connectivity index is 2.25. The molecule has 1 atom stereocenters. The number of nitrogens with two attached hydrogens (primary N) is 1. The van der Waals surface area contributed by atoms with Gasteiger partial charge in [0.05, 0.1) is 4.92 Å². The number of primary sulfonamides is 1. The molecule has 0 bridgehead atoms. The first-order chi connectivity index (χ1) is 11.7. The minimum Gasteiger partial charge on any atom is -0.378 e. The second-order valence-electron chi connectivity index (χ2n) is 6.76. The highest BCUT2D eigenvalue weighted by Gasteiger charge is 2.29. The van der Waals surface area contributed by atoms with E-state index in [0.717, 1.165) is 18.9 Å². The lowest BCUT2D eigenvalue weighted by atomic mass is 9.83. The van der Waals surface area contributed by atoms with Crippen molar-refractivity contribution in [2.24, 2.45) is 11.1 Å². The fourth-order valence-electron chi connectivity index (χ4n) is 3.59. The lowest BCUT2D eigenvalue weighted by Crippen LogP contribution is -2.41. The lowest BCUT2D eigenvalue weighted by molar-refractivity contribution is -0.386. The molecular formula is C16H26N4O4S. The molecule has 1 aromatic carbocycles. The summed E-state index contributed by atoms with van der Waals surface area (Å²) >= 11 is 0. The van der Waals surface area contributed by atoms with Crippen LogP contribution in [0.15, 0.2) is 23.1 Å². The van der Waals surface area contributed by atoms with Crippen molar-refractivity contribution in [1.82, 2.24) is 4.90 Å². The predicted molar refractivity (Wildman–Crippen MR) is 97.0 cm³/mol. The highest BCUT2D eigenvalue weighted by atomic mass is 32.2. The Morgan fingerprint density at radius 2 is 1.96 bits per heavy atom. The summed E-state index contributed by atoms with van der Waals surface area (Å²) < 4.78 is 23.3. The number of sulfonamides is 1. The number of likely N-dealkylation sites (N-methyl/N-ethyl adjacent to an activating group) is 1. The van der Waals surface area contributed by atoms with E-state index in [2.05, 4.69) is 10.2 Å². The molecule has 0 aromatic heterocycles. The molecule has 9 heteroatoms. The molecule has 1 aromatic rings. The molecule has 1 fully saturated rings. The Bertz CT molecular complexity index is 715. The van der Waals surface area contributed by atoms with E-state index >= 15 is 0 Å². The Morgan fingerprint density at radius 3 is 2.48 bits per heavy atom. The summed E-state index contributed by atoms with van der Waals surface area (Å²) in [5, 5.41) is 19.6. The number of nitro groups is 1. The van der Waals surface area contributed by atoms with E-state index in [1.807, 2.05) is 14.1 Å². The number of nitro benzene ring substituents is 1. The molecular weight excluding hydrogens is 344 g/mol. The van der Waals surface area contributed by atoms with Gasteiger partial charge in [0.15, 0.2) is 4.90 Å². The van der Waals surface area contributed by atoms with Gasteiger partial charge in [0.2, 0.25) is 10.0 Å². The number of hydrogen-bond donors (Lipinski definition) is 2. The fraction of sp³-hybridized carbons (Fsp3) is 0.625. The summed E-state index contributed by atoms with van der Waals surface area (Å²) in [6.45, 7) is 0.507. The first-order valence-corrected chi connectivity index (χ1v) is 9.97. The van der Waals surface area contributed by atoms with Crippen LogP contribution in [0.2, 0.25) is 0 Å². The molecule has 140 valence electrons. The van der Waals surface area contributed by atoms with Crippen molar-refractivity contribution in [3.8, 4) is 0 Å². The van der Waals surface area contributed by atoms with Crippen LogP contribution in [-0.4, -0.2) is 44.9 Å². The molecule has 0 heterocycles. The summed E-state index contributed by atoms with van der Waals surface area (Å²) in [5.41, 5.74) is -0.315. The summed E-state index contributed by atoms with van der Waals surface area (Å²) in [7, 11) is -0.176. The Morgan fingerprint density at radius 1 is 1.32 bits per heavy atom. The van der Waals surface area contributed by atoms with Crippen molar-refractivity contribution in [3.63, 3.8) is 0 Å². The number of anilines is 1. The largest absolute Gasteiger partial charge is 0.378 e. The topological polar surface area (TPSA) is 119 Å². The lowest BCUT2D eigenvalue weighted by Gasteiger charge is -2.35. The second kappa shape index (κ2) is 8.11. The third kappa shape index (κ3) is 4.90. The average Bonchev–Trinajstić information content (AvgIpc) is 2.54. The first-order valence-electron chi connectivity index (χ1n) is 8.42. The summed E-state index contributed by atoms with van der Waals surface area (Å²) in [6.07, 6.45) is 5.95. The van der Waals surface area contributed by atoms with Crippen LogP contribution in [0.25, 0.3) is 0 Å². The Kier molecular flexibility index (Phi) is 6.36. The molecule has 8 nitrogen and oxygen atoms in total. The van der Waals surface area contributed by atoms with Crippen LogP contribution in [0.3, 0.4) is 0 Å².